The van der Waals surface area contributed by atoms with Crippen LogP contribution in [0.3, 0.4) is 0 Å². The largest absolute Gasteiger partial charge is 0.497 e. The van der Waals surface area contributed by atoms with E-state index in [0.29, 0.717) is 22.4 Å². The van der Waals surface area contributed by atoms with E-state index < -0.39 is 66.8 Å². The van der Waals surface area contributed by atoms with Gasteiger partial charge >= 0.3 is 12.1 Å². The Kier molecular flexibility index (Phi) is 11.9. The second-order valence-corrected chi connectivity index (χ2v) is 12.3. The van der Waals surface area contributed by atoms with Gasteiger partial charge in [0, 0.05) is 12.0 Å². The number of methoxy groups -OCH3 is 1. The van der Waals surface area contributed by atoms with E-state index in [1.165, 1.54) is 18.0 Å². The standard InChI is InChI=1S/C37H36N8O10/c1-53-24-14-12-21(13-15-24)16-25(42-37(52)54-18-22-8-4-2-5-9-22)34(50)43-27-29(48)36(55-30(27)35(51)38-17-26(46)47)45-20-41-28-31(39-19-40-32(28)45)44-33(49)23-10-6-3-7-11-23/h2-15,19-20,25,27,29-30,36,48H,16-18H2,1H3,(H,38,51)(H,42,52)(H,43,50)(H,46,47)(H,39,40,44,49)/t25-,27-,29+,30-,36+/m0/s1. The van der Waals surface area contributed by atoms with Gasteiger partial charge in [0.05, 0.1) is 19.5 Å². The van der Waals surface area contributed by atoms with Crippen LogP contribution in [0, 0.1) is 0 Å². The van der Waals surface area contributed by atoms with Gasteiger partial charge in [-0.1, -0.05) is 60.7 Å². The van der Waals surface area contributed by atoms with Gasteiger partial charge in [-0.3, -0.25) is 23.7 Å². The van der Waals surface area contributed by atoms with Crippen LogP contribution in [0.2, 0.25) is 0 Å². The molecule has 0 radical (unpaired) electrons. The molecule has 5 atom stereocenters. The van der Waals surface area contributed by atoms with Crippen LogP contribution in [0.25, 0.3) is 11.2 Å². The number of carboxylic acids is 1. The number of imidazole rings is 1. The van der Waals surface area contributed by atoms with Crippen LogP contribution in [0.1, 0.15) is 27.7 Å². The monoisotopic (exact) mass is 752 g/mol. The number of aliphatic carboxylic acids is 1. The molecule has 1 aliphatic rings. The van der Waals surface area contributed by atoms with Crippen LogP contribution < -0.4 is 26.0 Å². The Morgan fingerprint density at radius 2 is 1.62 bits per heavy atom. The van der Waals surface area contributed by atoms with Gasteiger partial charge in [-0.15, -0.1) is 0 Å². The Labute approximate surface area is 312 Å². The lowest BCUT2D eigenvalue weighted by Crippen LogP contribution is -2.57. The second-order valence-electron chi connectivity index (χ2n) is 12.3. The Bertz CT molecular complexity index is 2150. The number of alkyl carbamates (subject to hydrolysis) is 1. The van der Waals surface area contributed by atoms with E-state index in [1.54, 1.807) is 78.9 Å². The maximum Gasteiger partial charge on any atom is 0.408 e. The lowest BCUT2D eigenvalue weighted by Gasteiger charge is -2.25. The van der Waals surface area contributed by atoms with Crippen LogP contribution in [0.5, 0.6) is 5.75 Å². The van der Waals surface area contributed by atoms with Crippen LogP contribution in [-0.2, 0) is 36.9 Å². The van der Waals surface area contributed by atoms with E-state index in [0.717, 1.165) is 6.33 Å². The summed E-state index contributed by atoms with van der Waals surface area (Å²) >= 11 is 0. The highest BCUT2D eigenvalue weighted by atomic mass is 16.6. The smallest absolute Gasteiger partial charge is 0.408 e. The van der Waals surface area contributed by atoms with Crippen LogP contribution in [0.4, 0.5) is 10.6 Å². The summed E-state index contributed by atoms with van der Waals surface area (Å²) in [5, 5.41) is 31.0. The number of fused-ring (bicyclic) bond motifs is 1. The Hall–Kier alpha value is -6.92. The predicted octanol–water partition coefficient (Wildman–Crippen LogP) is 1.57. The highest BCUT2D eigenvalue weighted by Crippen LogP contribution is 2.33. The number of aliphatic hydroxyl groups excluding tert-OH is 1. The summed E-state index contributed by atoms with van der Waals surface area (Å²) in [5.74, 6) is -2.96. The molecule has 1 aliphatic heterocycles. The topological polar surface area (TPSA) is 245 Å². The molecule has 1 saturated heterocycles. The lowest BCUT2D eigenvalue weighted by atomic mass is 10.0. The molecular weight excluding hydrogens is 716 g/mol. The first kappa shape index (κ1) is 37.8. The number of carbonyl (C=O) groups excluding carboxylic acids is 4. The molecular formula is C37H36N8O10. The van der Waals surface area contributed by atoms with E-state index in [4.69, 9.17) is 14.2 Å². The molecule has 18 heteroatoms. The summed E-state index contributed by atoms with van der Waals surface area (Å²) in [5.41, 5.74) is 1.92. The molecule has 55 heavy (non-hydrogen) atoms. The molecule has 0 spiro atoms. The molecule has 6 N–H and O–H groups in total. The minimum absolute atomic E-state index is 0.0419. The first-order valence-corrected chi connectivity index (χ1v) is 16.9. The molecule has 3 heterocycles. The number of hydrogen-bond donors (Lipinski definition) is 6. The van der Waals surface area contributed by atoms with Gasteiger partial charge < -0.3 is 45.7 Å². The van der Waals surface area contributed by atoms with Crippen molar-refractivity contribution in [3.63, 3.8) is 0 Å². The van der Waals surface area contributed by atoms with Gasteiger partial charge in [0.2, 0.25) is 5.91 Å². The molecule has 0 unspecified atom stereocenters. The minimum atomic E-state index is -1.66. The number of amides is 4. The number of aliphatic hydroxyl groups is 1. The summed E-state index contributed by atoms with van der Waals surface area (Å²) in [6.45, 7) is -0.854. The first-order valence-electron chi connectivity index (χ1n) is 16.9. The Morgan fingerprint density at radius 1 is 0.909 bits per heavy atom. The maximum absolute atomic E-state index is 14.0. The molecule has 284 valence electrons. The van der Waals surface area contributed by atoms with Crippen LogP contribution in [-0.4, -0.2) is 97.5 Å². The number of nitrogens with one attached hydrogen (secondary N) is 4. The third kappa shape index (κ3) is 9.18. The first-order chi connectivity index (χ1) is 26.6. The number of aromatic nitrogens is 4. The molecule has 5 aromatic rings. The molecule has 6 rings (SSSR count). The SMILES string of the molecule is COc1ccc(C[C@H](NC(=O)OCc2ccccc2)C(=O)N[C@H]2[C@@H](O)[C@H](n3cnc4c(NC(=O)c5ccccc5)ncnc43)O[C@@H]2C(=O)NCC(=O)O)cc1. The van der Waals surface area contributed by atoms with E-state index in [-0.39, 0.29) is 30.0 Å². The second kappa shape index (κ2) is 17.3. The zero-order valence-electron chi connectivity index (χ0n) is 29.2. The van der Waals surface area contributed by atoms with Crippen LogP contribution >= 0.6 is 0 Å². The maximum atomic E-state index is 14.0. The number of hydrogen-bond acceptors (Lipinski definition) is 12. The fraction of sp³-hybridized carbons (Fsp3) is 0.243. The fourth-order valence-corrected chi connectivity index (χ4v) is 5.83. The molecule has 2 aromatic heterocycles. The van der Waals surface area contributed by atoms with E-state index in [2.05, 4.69) is 36.2 Å². The van der Waals surface area contributed by atoms with E-state index >= 15 is 0 Å². The van der Waals surface area contributed by atoms with Gasteiger partial charge in [0.1, 0.15) is 37.4 Å². The number of benzene rings is 3. The summed E-state index contributed by atoms with van der Waals surface area (Å²) < 4.78 is 17.9. The third-order valence-corrected chi connectivity index (χ3v) is 8.57. The highest BCUT2D eigenvalue weighted by Gasteiger charge is 2.50. The average molecular weight is 753 g/mol. The summed E-state index contributed by atoms with van der Waals surface area (Å²) in [6, 6.07) is 21.3. The molecule has 4 amide bonds. The molecule has 1 fully saturated rings. The van der Waals surface area contributed by atoms with Crippen LogP contribution in [0.15, 0.2) is 97.6 Å². The fourth-order valence-electron chi connectivity index (χ4n) is 5.83. The number of nitrogens with zero attached hydrogens (tertiary/aromatic N) is 4. The van der Waals surface area contributed by atoms with Crippen molar-refractivity contribution in [1.29, 1.82) is 0 Å². The summed E-state index contributed by atoms with van der Waals surface area (Å²) in [6.07, 6.45) is -3.25. The number of ether oxygens (including phenoxy) is 3. The average Bonchev–Trinajstić information content (AvgIpc) is 3.77. The normalized spacial score (nSPS) is 18.1. The summed E-state index contributed by atoms with van der Waals surface area (Å²) in [4.78, 5) is 77.2. The van der Waals surface area contributed by atoms with Gasteiger partial charge in [-0.05, 0) is 35.4 Å². The minimum Gasteiger partial charge on any atom is -0.497 e. The molecule has 18 nitrogen and oxygen atoms in total. The number of carbonyl (C=O) groups is 5. The van der Waals surface area contributed by atoms with Crippen molar-refractivity contribution >= 4 is 46.8 Å². The van der Waals surface area contributed by atoms with Gasteiger partial charge in [0.15, 0.2) is 29.3 Å². The lowest BCUT2D eigenvalue weighted by molar-refractivity contribution is -0.142. The number of anilines is 1. The van der Waals surface area contributed by atoms with Crippen molar-refractivity contribution in [3.05, 3.63) is 114 Å². The van der Waals surface area contributed by atoms with Crippen molar-refractivity contribution in [2.45, 2.75) is 43.5 Å². The van der Waals surface area contributed by atoms with E-state index in [9.17, 15) is 34.2 Å². The van der Waals surface area contributed by atoms with Crippen molar-refractivity contribution in [1.82, 2.24) is 35.5 Å². The van der Waals surface area contributed by atoms with Crippen molar-refractivity contribution in [3.8, 4) is 5.75 Å². The van der Waals surface area contributed by atoms with E-state index in [1.807, 2.05) is 6.07 Å². The van der Waals surface area contributed by atoms with Gasteiger partial charge in [-0.2, -0.15) is 0 Å². The Morgan fingerprint density at radius 3 is 2.31 bits per heavy atom. The van der Waals surface area contributed by atoms with Crippen molar-refractivity contribution in [2.75, 3.05) is 19.0 Å². The zero-order chi connectivity index (χ0) is 38.9. The van der Waals surface area contributed by atoms with Crippen molar-refractivity contribution in [2.24, 2.45) is 0 Å². The molecule has 0 aliphatic carbocycles. The van der Waals surface area contributed by atoms with Gasteiger partial charge in [0.25, 0.3) is 11.8 Å². The van der Waals surface area contributed by atoms with Crippen molar-refractivity contribution < 1.29 is 48.4 Å². The number of rotatable bonds is 14. The quantitative estimate of drug-likeness (QED) is 0.0945. The zero-order valence-corrected chi connectivity index (χ0v) is 29.2. The summed E-state index contributed by atoms with van der Waals surface area (Å²) in [7, 11) is 1.50. The Balaban J connectivity index is 1.25. The predicted molar refractivity (Wildman–Crippen MR) is 192 cm³/mol. The third-order valence-electron chi connectivity index (χ3n) is 8.57. The molecule has 3 aromatic carbocycles. The number of carboxylic acid groups (broad SMARTS) is 1. The molecule has 0 saturated carbocycles. The molecule has 0 bridgehead atoms. The highest BCUT2D eigenvalue weighted by molar-refractivity contribution is 6.06. The van der Waals surface area contributed by atoms with Gasteiger partial charge in [-0.25, -0.2) is 19.7 Å².